The first kappa shape index (κ1) is 19.5. The van der Waals surface area contributed by atoms with Crippen molar-refractivity contribution in [3.8, 4) is 0 Å². The fourth-order valence-corrected chi connectivity index (χ4v) is 4.80. The maximum Gasteiger partial charge on any atom is 0.291 e. The summed E-state index contributed by atoms with van der Waals surface area (Å²) in [5.74, 6) is -1.43. The lowest BCUT2D eigenvalue weighted by Crippen LogP contribution is -2.48. The van der Waals surface area contributed by atoms with Crippen molar-refractivity contribution in [3.63, 3.8) is 0 Å². The van der Waals surface area contributed by atoms with E-state index >= 15 is 0 Å². The third-order valence-corrected chi connectivity index (χ3v) is 6.16. The molecule has 9 heteroatoms. The molecule has 0 aliphatic carbocycles. The molecule has 2 atom stereocenters. The predicted octanol–water partition coefficient (Wildman–Crippen LogP) is 2.78. The van der Waals surface area contributed by atoms with E-state index in [-0.39, 0.29) is 47.4 Å². The zero-order valence-corrected chi connectivity index (χ0v) is 16.0. The quantitative estimate of drug-likeness (QED) is 0.858. The monoisotopic (exact) mass is 396 g/mol. The predicted molar refractivity (Wildman–Crippen MR) is 96.6 cm³/mol. The zero-order valence-electron chi connectivity index (χ0n) is 15.2. The topological polar surface area (TPSA) is 88.8 Å². The Morgan fingerprint density at radius 1 is 1.22 bits per heavy atom. The molecule has 1 N–H and O–H groups in total. The Balaban J connectivity index is 1.85. The minimum atomic E-state index is -3.85. The molecule has 0 unspecified atom stereocenters. The highest BCUT2D eigenvalue weighted by atomic mass is 32.2. The number of carbonyl (C=O) groups excluding carboxylic acids is 1. The van der Waals surface area contributed by atoms with Crippen LogP contribution in [0.2, 0.25) is 0 Å². The van der Waals surface area contributed by atoms with Crippen LogP contribution in [0, 0.1) is 12.7 Å². The molecule has 27 heavy (non-hydrogen) atoms. The number of ether oxygens (including phenoxy) is 1. The van der Waals surface area contributed by atoms with Gasteiger partial charge >= 0.3 is 0 Å². The molecule has 1 aromatic heterocycles. The van der Waals surface area contributed by atoms with E-state index < -0.39 is 21.7 Å². The van der Waals surface area contributed by atoms with Crippen LogP contribution in [-0.2, 0) is 14.8 Å². The van der Waals surface area contributed by atoms with Gasteiger partial charge in [0.15, 0.2) is 5.76 Å². The first-order valence-electron chi connectivity index (χ1n) is 8.50. The van der Waals surface area contributed by atoms with Crippen LogP contribution in [-0.4, -0.2) is 43.9 Å². The number of nitrogens with zero attached hydrogens (tertiary/aromatic N) is 1. The molecule has 0 bridgehead atoms. The second-order valence-electron chi connectivity index (χ2n) is 6.54. The number of amides is 1. The van der Waals surface area contributed by atoms with Gasteiger partial charge in [-0.1, -0.05) is 12.1 Å². The van der Waals surface area contributed by atoms with Crippen LogP contribution in [0.1, 0.15) is 30.2 Å². The number of carbonyl (C=O) groups is 1. The number of halogens is 1. The molecule has 1 fully saturated rings. The summed E-state index contributed by atoms with van der Waals surface area (Å²) in [6, 6.07) is 6.85. The molecule has 1 aliphatic rings. The number of para-hydroxylation sites is 1. The molecule has 0 radical (unpaired) electrons. The Hall–Kier alpha value is -2.23. The van der Waals surface area contributed by atoms with Gasteiger partial charge in [-0.3, -0.25) is 4.79 Å². The average molecular weight is 396 g/mol. The molecule has 1 amide bonds. The number of benzene rings is 1. The smallest absolute Gasteiger partial charge is 0.291 e. The largest absolute Gasteiger partial charge is 0.455 e. The number of morpholine rings is 1. The summed E-state index contributed by atoms with van der Waals surface area (Å²) < 4.78 is 51.9. The Morgan fingerprint density at radius 2 is 1.85 bits per heavy atom. The van der Waals surface area contributed by atoms with Crippen LogP contribution in [0.4, 0.5) is 10.1 Å². The van der Waals surface area contributed by atoms with Crippen LogP contribution in [0.15, 0.2) is 39.6 Å². The number of aryl methyl sites for hydroxylation is 1. The van der Waals surface area contributed by atoms with Gasteiger partial charge in [-0.2, -0.15) is 4.31 Å². The van der Waals surface area contributed by atoms with Crippen molar-refractivity contribution in [1.82, 2.24) is 4.31 Å². The van der Waals surface area contributed by atoms with Crippen LogP contribution < -0.4 is 5.32 Å². The van der Waals surface area contributed by atoms with Gasteiger partial charge in [0.25, 0.3) is 5.91 Å². The summed E-state index contributed by atoms with van der Waals surface area (Å²) in [5.41, 5.74) is -0.0169. The Labute approximate surface area is 157 Å². The minimum absolute atomic E-state index is 0.0169. The zero-order chi connectivity index (χ0) is 19.8. The second kappa shape index (κ2) is 7.41. The molecule has 1 saturated heterocycles. The first-order valence-corrected chi connectivity index (χ1v) is 9.94. The van der Waals surface area contributed by atoms with E-state index in [1.165, 1.54) is 35.5 Å². The lowest BCUT2D eigenvalue weighted by atomic mass is 10.3. The summed E-state index contributed by atoms with van der Waals surface area (Å²) >= 11 is 0. The van der Waals surface area contributed by atoms with Crippen LogP contribution >= 0.6 is 0 Å². The van der Waals surface area contributed by atoms with E-state index in [2.05, 4.69) is 5.32 Å². The summed E-state index contributed by atoms with van der Waals surface area (Å²) in [6.45, 7) is 5.50. The highest BCUT2D eigenvalue weighted by molar-refractivity contribution is 7.89. The van der Waals surface area contributed by atoms with Gasteiger partial charge in [-0.15, -0.1) is 0 Å². The standard InChI is InChI=1S/C18H21FN2O5S/c1-11-9-21(10-12(2)25-11)27(23,24)17-8-16(26-13(17)3)18(22)20-15-7-5-4-6-14(15)19/h4-8,11-12H,9-10H2,1-3H3,(H,20,22)/t11-,12-/m0/s1. The molecular weight excluding hydrogens is 375 g/mol. The van der Waals surface area contributed by atoms with Crippen molar-refractivity contribution in [2.45, 2.75) is 37.9 Å². The van der Waals surface area contributed by atoms with Gasteiger partial charge in [0.05, 0.1) is 17.9 Å². The van der Waals surface area contributed by atoms with Gasteiger partial charge < -0.3 is 14.5 Å². The molecule has 2 heterocycles. The van der Waals surface area contributed by atoms with Crippen LogP contribution in [0.5, 0.6) is 0 Å². The fourth-order valence-electron chi connectivity index (χ4n) is 3.05. The van der Waals surface area contributed by atoms with E-state index in [4.69, 9.17) is 9.15 Å². The molecule has 1 aromatic carbocycles. The summed E-state index contributed by atoms with van der Waals surface area (Å²) in [7, 11) is -3.85. The molecule has 2 aromatic rings. The number of rotatable bonds is 4. The van der Waals surface area contributed by atoms with Gasteiger partial charge in [-0.05, 0) is 32.9 Å². The number of furan rings is 1. The van der Waals surface area contributed by atoms with E-state index in [0.717, 1.165) is 0 Å². The maximum absolute atomic E-state index is 13.7. The van der Waals surface area contributed by atoms with E-state index in [1.54, 1.807) is 19.9 Å². The molecule has 0 saturated carbocycles. The number of hydrogen-bond acceptors (Lipinski definition) is 5. The molecular formula is C18H21FN2O5S. The first-order chi connectivity index (χ1) is 12.7. The molecule has 7 nitrogen and oxygen atoms in total. The van der Waals surface area contributed by atoms with Crippen LogP contribution in [0.25, 0.3) is 0 Å². The van der Waals surface area contributed by atoms with Gasteiger partial charge in [0.2, 0.25) is 10.0 Å². The lowest BCUT2D eigenvalue weighted by Gasteiger charge is -2.34. The number of nitrogens with one attached hydrogen (secondary N) is 1. The van der Waals surface area contributed by atoms with Crippen molar-refractivity contribution in [2.75, 3.05) is 18.4 Å². The highest BCUT2D eigenvalue weighted by Gasteiger charge is 2.35. The fraction of sp³-hybridized carbons (Fsp3) is 0.389. The van der Waals surface area contributed by atoms with Crippen molar-refractivity contribution in [3.05, 3.63) is 47.7 Å². The van der Waals surface area contributed by atoms with Gasteiger partial charge in [0, 0.05) is 19.2 Å². The lowest BCUT2D eigenvalue weighted by molar-refractivity contribution is -0.0441. The van der Waals surface area contributed by atoms with Crippen molar-refractivity contribution in [2.24, 2.45) is 0 Å². The molecule has 146 valence electrons. The summed E-state index contributed by atoms with van der Waals surface area (Å²) in [4.78, 5) is 12.3. The number of anilines is 1. The third kappa shape index (κ3) is 4.05. The Bertz CT molecular complexity index is 946. The normalized spacial score (nSPS) is 21.2. The Kier molecular flexibility index (Phi) is 5.36. The molecule has 3 rings (SSSR count). The van der Waals surface area contributed by atoms with Crippen LogP contribution in [0.3, 0.4) is 0 Å². The third-order valence-electron chi connectivity index (χ3n) is 4.22. The van der Waals surface area contributed by atoms with E-state index in [0.29, 0.717) is 0 Å². The average Bonchev–Trinajstić information content (AvgIpc) is 2.99. The van der Waals surface area contributed by atoms with Crippen molar-refractivity contribution in [1.29, 1.82) is 0 Å². The second-order valence-corrected chi connectivity index (χ2v) is 8.45. The van der Waals surface area contributed by atoms with Crippen molar-refractivity contribution >= 4 is 21.6 Å². The number of hydrogen-bond donors (Lipinski definition) is 1. The molecule has 0 spiro atoms. The summed E-state index contributed by atoms with van der Waals surface area (Å²) in [5, 5.41) is 2.38. The SMILES string of the molecule is Cc1oc(C(=O)Nc2ccccc2F)cc1S(=O)(=O)N1C[C@H](C)O[C@@H](C)C1. The Morgan fingerprint density at radius 3 is 2.48 bits per heavy atom. The maximum atomic E-state index is 13.7. The summed E-state index contributed by atoms with van der Waals surface area (Å²) in [6.07, 6.45) is -0.473. The minimum Gasteiger partial charge on any atom is -0.455 e. The van der Waals surface area contributed by atoms with Gasteiger partial charge in [0.1, 0.15) is 16.5 Å². The van der Waals surface area contributed by atoms with Gasteiger partial charge in [-0.25, -0.2) is 12.8 Å². The van der Waals surface area contributed by atoms with E-state index in [1.807, 2.05) is 0 Å². The molecule has 1 aliphatic heterocycles. The van der Waals surface area contributed by atoms with Crippen molar-refractivity contribution < 1.29 is 26.8 Å². The number of sulfonamides is 1. The highest BCUT2D eigenvalue weighted by Crippen LogP contribution is 2.27. The van der Waals surface area contributed by atoms with E-state index in [9.17, 15) is 17.6 Å².